The van der Waals surface area contributed by atoms with Gasteiger partial charge in [-0.15, -0.1) is 0 Å². The first-order valence-electron chi connectivity index (χ1n) is 7.16. The number of unbranched alkanes of at least 4 members (excludes halogenated alkanes) is 1. The third-order valence-corrected chi connectivity index (χ3v) is 4.09. The van der Waals surface area contributed by atoms with Crippen LogP contribution in [-0.2, 0) is 6.54 Å². The summed E-state index contributed by atoms with van der Waals surface area (Å²) in [6.45, 7) is 1.43. The first-order chi connectivity index (χ1) is 10.7. The molecule has 0 saturated carbocycles. The third-order valence-electron chi connectivity index (χ3n) is 3.86. The number of carbonyl (C=O) groups excluding carboxylic acids is 1. The molecule has 1 unspecified atom stereocenters. The van der Waals surface area contributed by atoms with E-state index in [-0.39, 0.29) is 5.91 Å². The zero-order valence-electron chi connectivity index (χ0n) is 11.9. The summed E-state index contributed by atoms with van der Waals surface area (Å²) in [4.78, 5) is 18.0. The Morgan fingerprint density at radius 1 is 1.32 bits per heavy atom. The molecule has 1 aliphatic rings. The molecule has 2 aromatic rings. The lowest BCUT2D eigenvalue weighted by atomic mass is 10.1. The van der Waals surface area contributed by atoms with Gasteiger partial charge in [-0.3, -0.25) is 4.79 Å². The largest absolute Gasteiger partial charge is 0.337 e. The van der Waals surface area contributed by atoms with Crippen molar-refractivity contribution >= 4 is 17.5 Å². The molecule has 1 aromatic carbocycles. The van der Waals surface area contributed by atoms with Crippen molar-refractivity contribution in [1.29, 1.82) is 5.26 Å². The molecule has 1 amide bonds. The van der Waals surface area contributed by atoms with Crippen molar-refractivity contribution in [2.75, 3.05) is 6.54 Å². The summed E-state index contributed by atoms with van der Waals surface area (Å²) in [5.41, 5.74) is 1.31. The number of hydrogen-bond donors (Lipinski definition) is 0. The summed E-state index contributed by atoms with van der Waals surface area (Å²) in [5.74, 6) is -0.0825. The van der Waals surface area contributed by atoms with Gasteiger partial charge >= 0.3 is 0 Å². The Morgan fingerprint density at radius 3 is 2.86 bits per heavy atom. The zero-order valence-corrected chi connectivity index (χ0v) is 12.7. The van der Waals surface area contributed by atoms with Gasteiger partial charge in [0.2, 0.25) is 0 Å². The predicted molar refractivity (Wildman–Crippen MR) is 82.3 cm³/mol. The molecule has 1 atom stereocenters. The quantitative estimate of drug-likeness (QED) is 0.797. The molecule has 5 nitrogen and oxygen atoms in total. The van der Waals surface area contributed by atoms with Gasteiger partial charge in [0.05, 0.1) is 12.4 Å². The van der Waals surface area contributed by atoms with Gasteiger partial charge in [-0.1, -0.05) is 11.6 Å². The lowest BCUT2D eigenvalue weighted by molar-refractivity contribution is 0.0754. The Labute approximate surface area is 133 Å². The number of rotatable bonds is 5. The highest BCUT2D eigenvalue weighted by Gasteiger charge is 2.36. The molecule has 22 heavy (non-hydrogen) atoms. The summed E-state index contributed by atoms with van der Waals surface area (Å²) < 4.78 is 2.00. The van der Waals surface area contributed by atoms with Crippen LogP contribution in [0.5, 0.6) is 0 Å². The van der Waals surface area contributed by atoms with Gasteiger partial charge in [0.1, 0.15) is 6.04 Å². The van der Waals surface area contributed by atoms with Crippen molar-refractivity contribution in [3.63, 3.8) is 0 Å². The van der Waals surface area contributed by atoms with Gasteiger partial charge in [-0.2, -0.15) is 5.26 Å². The van der Waals surface area contributed by atoms with Crippen LogP contribution in [-0.4, -0.2) is 26.9 Å². The Kier molecular flexibility index (Phi) is 4.12. The summed E-state index contributed by atoms with van der Waals surface area (Å²) in [5, 5.41) is 9.95. The summed E-state index contributed by atoms with van der Waals surface area (Å²) in [7, 11) is 0. The van der Waals surface area contributed by atoms with Crippen LogP contribution in [0, 0.1) is 11.3 Å². The fraction of sp³-hybridized carbons (Fsp3) is 0.312. The highest BCUT2D eigenvalue weighted by molar-refractivity contribution is 6.30. The molecule has 0 aliphatic carbocycles. The first-order valence-corrected chi connectivity index (χ1v) is 7.54. The lowest BCUT2D eigenvalue weighted by Gasteiger charge is -2.19. The van der Waals surface area contributed by atoms with Crippen molar-refractivity contribution in [2.45, 2.75) is 25.4 Å². The molecule has 0 radical (unpaired) electrons. The van der Waals surface area contributed by atoms with E-state index in [9.17, 15) is 10.1 Å². The van der Waals surface area contributed by atoms with E-state index >= 15 is 0 Å². The second kappa shape index (κ2) is 6.20. The standard InChI is InChI=1S/C16H15ClN4O/c17-12-3-4-13-14(9-12)15(10-18)21(16(13)22)7-2-1-6-20-8-5-19-11-20/h3-5,8-9,11,15H,1-2,6-7H2. The van der Waals surface area contributed by atoms with Crippen molar-refractivity contribution in [2.24, 2.45) is 0 Å². The second-order valence-electron chi connectivity index (χ2n) is 5.27. The third kappa shape index (κ3) is 2.70. The van der Waals surface area contributed by atoms with E-state index in [1.54, 1.807) is 35.6 Å². The van der Waals surface area contributed by atoms with Crippen LogP contribution in [0.3, 0.4) is 0 Å². The number of halogens is 1. The minimum atomic E-state index is -0.533. The Hall–Kier alpha value is -2.32. The van der Waals surface area contributed by atoms with Gasteiger partial charge in [-0.05, 0) is 31.0 Å². The number of nitriles is 1. The first kappa shape index (κ1) is 14.6. The minimum Gasteiger partial charge on any atom is -0.337 e. The topological polar surface area (TPSA) is 61.9 Å². The molecule has 3 rings (SSSR count). The molecule has 2 heterocycles. The van der Waals surface area contributed by atoms with Crippen LogP contribution in [0.4, 0.5) is 0 Å². The highest BCUT2D eigenvalue weighted by Crippen LogP contribution is 2.34. The molecule has 0 saturated heterocycles. The molecule has 0 bridgehead atoms. The van der Waals surface area contributed by atoms with E-state index in [4.69, 9.17) is 11.6 Å². The van der Waals surface area contributed by atoms with Crippen LogP contribution in [0.25, 0.3) is 0 Å². The SMILES string of the molecule is N#CC1c2cc(Cl)ccc2C(=O)N1CCCCn1ccnc1. The van der Waals surface area contributed by atoms with E-state index in [0.29, 0.717) is 17.1 Å². The average Bonchev–Trinajstić information content (AvgIpc) is 3.11. The maximum atomic E-state index is 12.4. The number of fused-ring (bicyclic) bond motifs is 1. The number of hydrogen-bond acceptors (Lipinski definition) is 3. The Morgan fingerprint density at radius 2 is 2.14 bits per heavy atom. The van der Waals surface area contributed by atoms with Gasteiger partial charge < -0.3 is 9.47 Å². The molecule has 1 aromatic heterocycles. The smallest absolute Gasteiger partial charge is 0.255 e. The number of carbonyl (C=O) groups is 1. The predicted octanol–water partition coefficient (Wildman–Crippen LogP) is 3.04. The minimum absolute atomic E-state index is 0.0825. The normalized spacial score (nSPS) is 16.6. The second-order valence-corrected chi connectivity index (χ2v) is 5.71. The number of imidazole rings is 1. The highest BCUT2D eigenvalue weighted by atomic mass is 35.5. The fourth-order valence-corrected chi connectivity index (χ4v) is 2.94. The number of aromatic nitrogens is 2. The van der Waals surface area contributed by atoms with Gasteiger partial charge in [0, 0.05) is 41.6 Å². The molecule has 1 aliphatic heterocycles. The van der Waals surface area contributed by atoms with Crippen molar-refractivity contribution in [1.82, 2.24) is 14.5 Å². The van der Waals surface area contributed by atoms with Crippen molar-refractivity contribution in [3.05, 3.63) is 53.1 Å². The number of nitrogens with zero attached hydrogens (tertiary/aromatic N) is 4. The van der Waals surface area contributed by atoms with E-state index in [1.807, 2.05) is 10.8 Å². The summed E-state index contributed by atoms with van der Waals surface area (Å²) >= 11 is 5.98. The van der Waals surface area contributed by atoms with Crippen LogP contribution < -0.4 is 0 Å². The fourth-order valence-electron chi connectivity index (χ4n) is 2.76. The van der Waals surface area contributed by atoms with Gasteiger partial charge in [0.25, 0.3) is 5.91 Å². The van der Waals surface area contributed by atoms with Crippen LogP contribution >= 0.6 is 11.6 Å². The molecular weight excluding hydrogens is 300 g/mol. The van der Waals surface area contributed by atoms with Crippen molar-refractivity contribution < 1.29 is 4.79 Å². The number of aryl methyl sites for hydroxylation is 1. The summed E-state index contributed by atoms with van der Waals surface area (Å²) in [6, 6.07) is 6.79. The maximum absolute atomic E-state index is 12.4. The Bertz CT molecular complexity index is 720. The summed E-state index contributed by atoms with van der Waals surface area (Å²) in [6.07, 6.45) is 7.20. The molecule has 0 spiro atoms. The van der Waals surface area contributed by atoms with Crippen LogP contribution in [0.2, 0.25) is 5.02 Å². The number of amides is 1. The maximum Gasteiger partial charge on any atom is 0.255 e. The van der Waals surface area contributed by atoms with E-state index in [2.05, 4.69) is 11.1 Å². The van der Waals surface area contributed by atoms with Crippen LogP contribution in [0.1, 0.15) is 34.8 Å². The van der Waals surface area contributed by atoms with E-state index < -0.39 is 6.04 Å². The average molecular weight is 315 g/mol. The molecule has 6 heteroatoms. The van der Waals surface area contributed by atoms with Crippen molar-refractivity contribution in [3.8, 4) is 6.07 Å². The van der Waals surface area contributed by atoms with E-state index in [1.165, 1.54) is 0 Å². The zero-order chi connectivity index (χ0) is 15.5. The Balaban J connectivity index is 1.64. The monoisotopic (exact) mass is 314 g/mol. The van der Waals surface area contributed by atoms with Gasteiger partial charge in [0.15, 0.2) is 0 Å². The van der Waals surface area contributed by atoms with Crippen LogP contribution in [0.15, 0.2) is 36.9 Å². The number of benzene rings is 1. The molecule has 0 N–H and O–H groups in total. The molecule has 0 fully saturated rings. The lowest BCUT2D eigenvalue weighted by Crippen LogP contribution is -2.28. The molecular formula is C16H15ClN4O. The molecule has 112 valence electrons. The van der Waals surface area contributed by atoms with Gasteiger partial charge in [-0.25, -0.2) is 4.98 Å². The van der Waals surface area contributed by atoms with E-state index in [0.717, 1.165) is 24.9 Å².